The molecular weight excluding hydrogens is 368 g/mol. The number of rotatable bonds is 3. The van der Waals surface area contributed by atoms with Crippen LogP contribution in [0.5, 0.6) is 0 Å². The van der Waals surface area contributed by atoms with E-state index in [1.54, 1.807) is 12.1 Å². The standard InChI is InChI=1S/C19H18N2O5S/c20-27(24,25)13-8-6-12(7-9-13)21-15-3-1-4-16(22)19(15)14(11-18(21)23)17-5-2-10-26-17/h2,5-10,14H,1,3-4,11H2,(H2,20,24,25). The Morgan fingerprint density at radius 2 is 1.81 bits per heavy atom. The normalized spacial score (nSPS) is 20.8. The summed E-state index contributed by atoms with van der Waals surface area (Å²) in [5.74, 6) is 0.0927. The van der Waals surface area contributed by atoms with E-state index in [1.165, 1.54) is 35.4 Å². The molecule has 2 aliphatic rings. The third-order valence-electron chi connectivity index (χ3n) is 4.99. The van der Waals surface area contributed by atoms with Gasteiger partial charge in [-0.05, 0) is 49.2 Å². The predicted molar refractivity (Wildman–Crippen MR) is 97.3 cm³/mol. The van der Waals surface area contributed by atoms with Crippen molar-refractivity contribution in [1.82, 2.24) is 0 Å². The number of amides is 1. The van der Waals surface area contributed by atoms with Crippen molar-refractivity contribution in [2.45, 2.75) is 36.5 Å². The summed E-state index contributed by atoms with van der Waals surface area (Å²) in [6.45, 7) is 0. The summed E-state index contributed by atoms with van der Waals surface area (Å²) in [4.78, 5) is 27.1. The number of carbonyl (C=O) groups excluding carboxylic acids is 2. The minimum absolute atomic E-state index is 0.0244. The number of nitrogens with zero attached hydrogens (tertiary/aromatic N) is 1. The minimum atomic E-state index is -3.82. The van der Waals surface area contributed by atoms with Crippen LogP contribution in [0.4, 0.5) is 5.69 Å². The molecule has 140 valence electrons. The molecule has 8 heteroatoms. The molecule has 1 aliphatic heterocycles. The number of primary sulfonamides is 1. The van der Waals surface area contributed by atoms with Crippen LogP contribution in [0, 0.1) is 0 Å². The fraction of sp³-hybridized carbons (Fsp3) is 0.263. The summed E-state index contributed by atoms with van der Waals surface area (Å²) in [6, 6.07) is 9.32. The van der Waals surface area contributed by atoms with Crippen molar-refractivity contribution >= 4 is 27.4 Å². The number of allylic oxidation sites excluding steroid dienone is 2. The largest absolute Gasteiger partial charge is 0.469 e. The molecule has 27 heavy (non-hydrogen) atoms. The van der Waals surface area contributed by atoms with E-state index < -0.39 is 10.0 Å². The molecule has 4 rings (SSSR count). The molecule has 0 fully saturated rings. The van der Waals surface area contributed by atoms with Gasteiger partial charge >= 0.3 is 0 Å². The number of hydrogen-bond donors (Lipinski definition) is 1. The summed E-state index contributed by atoms with van der Waals surface area (Å²) < 4.78 is 28.4. The van der Waals surface area contributed by atoms with Crippen LogP contribution in [0.15, 0.2) is 63.2 Å². The van der Waals surface area contributed by atoms with E-state index in [9.17, 15) is 18.0 Å². The SMILES string of the molecule is NS(=O)(=O)c1ccc(N2C(=O)CC(c3ccco3)C3=C2CCCC3=O)cc1. The summed E-state index contributed by atoms with van der Waals surface area (Å²) in [5.41, 5.74) is 1.81. The van der Waals surface area contributed by atoms with E-state index in [-0.39, 0.29) is 28.9 Å². The molecule has 0 saturated carbocycles. The van der Waals surface area contributed by atoms with Gasteiger partial charge in [0.15, 0.2) is 5.78 Å². The van der Waals surface area contributed by atoms with Crippen LogP contribution < -0.4 is 10.0 Å². The number of furan rings is 1. The number of nitrogens with two attached hydrogens (primary N) is 1. The fourth-order valence-corrected chi connectivity index (χ4v) is 4.33. The molecule has 1 aliphatic carbocycles. The zero-order chi connectivity index (χ0) is 19.2. The smallest absolute Gasteiger partial charge is 0.238 e. The average molecular weight is 386 g/mol. The van der Waals surface area contributed by atoms with E-state index in [2.05, 4.69) is 0 Å². The maximum absolute atomic E-state index is 12.9. The second-order valence-corrected chi connectivity index (χ2v) is 8.24. The molecule has 0 radical (unpaired) electrons. The van der Waals surface area contributed by atoms with Crippen molar-refractivity contribution in [2.24, 2.45) is 5.14 Å². The van der Waals surface area contributed by atoms with Gasteiger partial charge in [0.25, 0.3) is 0 Å². The van der Waals surface area contributed by atoms with Gasteiger partial charge in [0.1, 0.15) is 5.76 Å². The molecule has 1 atom stereocenters. The van der Waals surface area contributed by atoms with Crippen molar-refractivity contribution < 1.29 is 22.4 Å². The molecule has 0 bridgehead atoms. The molecule has 2 heterocycles. The van der Waals surface area contributed by atoms with Crippen LogP contribution in [0.2, 0.25) is 0 Å². The third-order valence-corrected chi connectivity index (χ3v) is 5.91. The van der Waals surface area contributed by atoms with E-state index in [1.807, 2.05) is 0 Å². The molecule has 2 N–H and O–H groups in total. The Morgan fingerprint density at radius 1 is 1.07 bits per heavy atom. The Kier molecular flexibility index (Phi) is 4.24. The molecule has 0 saturated heterocycles. The van der Waals surface area contributed by atoms with Gasteiger partial charge in [0.2, 0.25) is 15.9 Å². The third kappa shape index (κ3) is 3.11. The van der Waals surface area contributed by atoms with Crippen molar-refractivity contribution in [3.63, 3.8) is 0 Å². The topological polar surface area (TPSA) is 111 Å². The predicted octanol–water partition coefficient (Wildman–Crippen LogP) is 2.45. The molecule has 7 nitrogen and oxygen atoms in total. The first kappa shape index (κ1) is 17.7. The second-order valence-electron chi connectivity index (χ2n) is 6.68. The van der Waals surface area contributed by atoms with Crippen molar-refractivity contribution in [3.8, 4) is 0 Å². The molecule has 0 spiro atoms. The Morgan fingerprint density at radius 3 is 2.44 bits per heavy atom. The Balaban J connectivity index is 1.81. The van der Waals surface area contributed by atoms with Crippen molar-refractivity contribution in [2.75, 3.05) is 4.90 Å². The first-order valence-electron chi connectivity index (χ1n) is 8.62. The molecule has 1 aromatic heterocycles. The van der Waals surface area contributed by atoms with Crippen molar-refractivity contribution in [3.05, 3.63) is 59.7 Å². The van der Waals surface area contributed by atoms with E-state index >= 15 is 0 Å². The number of benzene rings is 1. The molecular formula is C19H18N2O5S. The Hall–Kier alpha value is -2.71. The first-order chi connectivity index (χ1) is 12.9. The summed E-state index contributed by atoms with van der Waals surface area (Å²) in [7, 11) is -3.82. The lowest BCUT2D eigenvalue weighted by atomic mass is 9.79. The molecule has 1 aromatic carbocycles. The second kappa shape index (κ2) is 6.47. The number of anilines is 1. The van der Waals surface area contributed by atoms with Gasteiger partial charge < -0.3 is 4.42 Å². The fourth-order valence-electron chi connectivity index (χ4n) is 3.81. The molecule has 2 aromatic rings. The summed E-state index contributed by atoms with van der Waals surface area (Å²) in [6.07, 6.45) is 3.37. The van der Waals surface area contributed by atoms with Crippen LogP contribution in [-0.4, -0.2) is 20.1 Å². The monoisotopic (exact) mass is 386 g/mol. The number of ketones is 1. The molecule has 1 amide bonds. The van der Waals surface area contributed by atoms with Crippen LogP contribution in [-0.2, 0) is 19.6 Å². The van der Waals surface area contributed by atoms with Crippen LogP contribution in [0.3, 0.4) is 0 Å². The lowest BCUT2D eigenvalue weighted by molar-refractivity contribution is -0.120. The quantitative estimate of drug-likeness (QED) is 0.871. The summed E-state index contributed by atoms with van der Waals surface area (Å²) in [5, 5.41) is 5.14. The van der Waals surface area contributed by atoms with Gasteiger partial charge in [-0.1, -0.05) is 0 Å². The van der Waals surface area contributed by atoms with Gasteiger partial charge in [-0.2, -0.15) is 0 Å². The summed E-state index contributed by atoms with van der Waals surface area (Å²) >= 11 is 0. The first-order valence-corrected chi connectivity index (χ1v) is 10.2. The zero-order valence-corrected chi connectivity index (χ0v) is 15.2. The average Bonchev–Trinajstić information content (AvgIpc) is 3.15. The van der Waals surface area contributed by atoms with Gasteiger partial charge in [0.05, 0.1) is 17.1 Å². The van der Waals surface area contributed by atoms with Crippen LogP contribution in [0.25, 0.3) is 0 Å². The molecule has 1 unspecified atom stereocenters. The number of hydrogen-bond acceptors (Lipinski definition) is 5. The lowest BCUT2D eigenvalue weighted by Gasteiger charge is -2.37. The van der Waals surface area contributed by atoms with Gasteiger partial charge in [-0.3, -0.25) is 14.5 Å². The van der Waals surface area contributed by atoms with Gasteiger partial charge in [0, 0.05) is 29.8 Å². The minimum Gasteiger partial charge on any atom is -0.469 e. The van der Waals surface area contributed by atoms with E-state index in [4.69, 9.17) is 9.56 Å². The van der Waals surface area contributed by atoms with Crippen LogP contribution in [0.1, 0.15) is 37.4 Å². The van der Waals surface area contributed by atoms with E-state index in [0.717, 1.165) is 0 Å². The Bertz CT molecular complexity index is 1040. The lowest BCUT2D eigenvalue weighted by Crippen LogP contribution is -2.40. The number of Topliss-reactive ketones (excluding diaryl/α,β-unsaturated/α-hetero) is 1. The highest BCUT2D eigenvalue weighted by atomic mass is 32.2. The highest BCUT2D eigenvalue weighted by Gasteiger charge is 2.40. The Labute approximate surface area is 156 Å². The maximum Gasteiger partial charge on any atom is 0.238 e. The highest BCUT2D eigenvalue weighted by Crippen LogP contribution is 2.43. The maximum atomic E-state index is 12.9. The van der Waals surface area contributed by atoms with Crippen LogP contribution >= 0.6 is 0 Å². The van der Waals surface area contributed by atoms with E-state index in [0.29, 0.717) is 42.0 Å². The van der Waals surface area contributed by atoms with Gasteiger partial charge in [-0.15, -0.1) is 0 Å². The van der Waals surface area contributed by atoms with Crippen molar-refractivity contribution in [1.29, 1.82) is 0 Å². The number of sulfonamides is 1. The van der Waals surface area contributed by atoms with Gasteiger partial charge in [-0.25, -0.2) is 13.6 Å². The highest BCUT2D eigenvalue weighted by molar-refractivity contribution is 7.89. The number of carbonyl (C=O) groups is 2. The zero-order valence-electron chi connectivity index (χ0n) is 14.4.